The van der Waals surface area contributed by atoms with E-state index in [1.807, 2.05) is 10.9 Å². The maximum absolute atomic E-state index is 5.48. The van der Waals surface area contributed by atoms with E-state index < -0.39 is 0 Å². The Balaban J connectivity index is 1.71. The Morgan fingerprint density at radius 1 is 1.22 bits per heavy atom. The second-order valence-corrected chi connectivity index (χ2v) is 5.01. The lowest BCUT2D eigenvalue weighted by molar-refractivity contribution is 0.148. The Morgan fingerprint density at radius 3 is 2.72 bits per heavy atom. The first kappa shape index (κ1) is 13.5. The minimum Gasteiger partial charge on any atom is -0.330 e. The molecule has 1 aromatic heterocycles. The molecule has 0 spiro atoms. The van der Waals surface area contributed by atoms with Crippen molar-refractivity contribution in [3.05, 3.63) is 11.9 Å². The van der Waals surface area contributed by atoms with Gasteiger partial charge in [-0.2, -0.15) is 0 Å². The first-order valence-electron chi connectivity index (χ1n) is 6.78. The summed E-state index contributed by atoms with van der Waals surface area (Å²) < 4.78 is 1.95. The fourth-order valence-corrected chi connectivity index (χ4v) is 2.16. The van der Waals surface area contributed by atoms with Crippen LogP contribution in [0.3, 0.4) is 0 Å². The van der Waals surface area contributed by atoms with Crippen molar-refractivity contribution in [1.82, 2.24) is 24.8 Å². The summed E-state index contributed by atoms with van der Waals surface area (Å²) in [4.78, 5) is 4.86. The summed E-state index contributed by atoms with van der Waals surface area (Å²) in [5, 5.41) is 8.32. The molecule has 0 saturated carbocycles. The molecule has 0 bridgehead atoms. The third kappa shape index (κ3) is 4.04. The van der Waals surface area contributed by atoms with Crippen LogP contribution in [0.15, 0.2) is 6.20 Å². The second kappa shape index (κ2) is 6.82. The lowest BCUT2D eigenvalue weighted by Crippen LogP contribution is -2.45. The van der Waals surface area contributed by atoms with Gasteiger partial charge in [-0.3, -0.25) is 9.58 Å². The molecule has 0 aromatic carbocycles. The molecule has 6 heteroatoms. The zero-order valence-electron chi connectivity index (χ0n) is 11.3. The van der Waals surface area contributed by atoms with Gasteiger partial charge in [0.1, 0.15) is 0 Å². The maximum Gasteiger partial charge on any atom is 0.0827 e. The topological polar surface area (TPSA) is 63.2 Å². The van der Waals surface area contributed by atoms with Crippen LogP contribution in [0, 0.1) is 0 Å². The molecule has 18 heavy (non-hydrogen) atoms. The Kier molecular flexibility index (Phi) is 5.10. The largest absolute Gasteiger partial charge is 0.330 e. The molecule has 2 N–H and O–H groups in total. The normalized spacial score (nSPS) is 18.3. The summed E-state index contributed by atoms with van der Waals surface area (Å²) in [6.45, 7) is 7.36. The van der Waals surface area contributed by atoms with Crippen LogP contribution < -0.4 is 5.73 Å². The Morgan fingerprint density at radius 2 is 2.00 bits per heavy atom. The number of hydrogen-bond acceptors (Lipinski definition) is 5. The van der Waals surface area contributed by atoms with E-state index in [1.165, 1.54) is 13.1 Å². The summed E-state index contributed by atoms with van der Waals surface area (Å²) in [5.41, 5.74) is 6.54. The van der Waals surface area contributed by atoms with Gasteiger partial charge in [0.2, 0.25) is 0 Å². The number of piperazine rings is 1. The molecule has 6 nitrogen and oxygen atoms in total. The SMILES string of the molecule is CN1CCN(CCn2cc(CCCN)nn2)CC1. The number of hydrogen-bond donors (Lipinski definition) is 1. The van der Waals surface area contributed by atoms with E-state index >= 15 is 0 Å². The molecule has 0 atom stereocenters. The third-order valence-corrected chi connectivity index (χ3v) is 3.46. The molecule has 0 radical (unpaired) electrons. The van der Waals surface area contributed by atoms with Gasteiger partial charge in [-0.05, 0) is 26.4 Å². The quantitative estimate of drug-likeness (QED) is 0.734. The standard InChI is InChI=1S/C12H24N6/c1-16-5-7-17(8-6-16)9-10-18-11-12(14-15-18)3-2-4-13/h11H,2-10,13H2,1H3. The molecular weight excluding hydrogens is 228 g/mol. The predicted molar refractivity (Wildman–Crippen MR) is 71.3 cm³/mol. The summed E-state index contributed by atoms with van der Waals surface area (Å²) in [6, 6.07) is 0. The third-order valence-electron chi connectivity index (χ3n) is 3.46. The zero-order chi connectivity index (χ0) is 12.8. The highest BCUT2D eigenvalue weighted by molar-refractivity contribution is 4.92. The van der Waals surface area contributed by atoms with Crippen molar-refractivity contribution < 1.29 is 0 Å². The van der Waals surface area contributed by atoms with Crippen LogP contribution >= 0.6 is 0 Å². The van der Waals surface area contributed by atoms with Crippen molar-refractivity contribution in [3.8, 4) is 0 Å². The van der Waals surface area contributed by atoms with E-state index in [0.29, 0.717) is 6.54 Å². The highest BCUT2D eigenvalue weighted by Crippen LogP contribution is 2.01. The average Bonchev–Trinajstić information content (AvgIpc) is 2.84. The number of rotatable bonds is 6. The molecule has 0 unspecified atom stereocenters. The van der Waals surface area contributed by atoms with E-state index in [0.717, 1.165) is 44.7 Å². The van der Waals surface area contributed by atoms with E-state index in [9.17, 15) is 0 Å². The Labute approximate surface area is 109 Å². The first-order valence-corrected chi connectivity index (χ1v) is 6.78. The molecule has 1 aromatic rings. The monoisotopic (exact) mass is 252 g/mol. The summed E-state index contributed by atoms with van der Waals surface area (Å²) in [7, 11) is 2.18. The molecule has 1 aliphatic heterocycles. The number of nitrogens with two attached hydrogens (primary N) is 1. The van der Waals surface area contributed by atoms with Crippen LogP contribution in [0.25, 0.3) is 0 Å². The second-order valence-electron chi connectivity index (χ2n) is 5.01. The molecule has 1 aliphatic rings. The molecule has 0 aliphatic carbocycles. The van der Waals surface area contributed by atoms with Gasteiger partial charge < -0.3 is 10.6 Å². The molecule has 1 saturated heterocycles. The van der Waals surface area contributed by atoms with Gasteiger partial charge in [0.15, 0.2) is 0 Å². The maximum atomic E-state index is 5.48. The summed E-state index contributed by atoms with van der Waals surface area (Å²) in [5.74, 6) is 0. The van der Waals surface area contributed by atoms with Crippen LogP contribution in [-0.4, -0.2) is 71.1 Å². The molecule has 2 rings (SSSR count). The molecule has 0 amide bonds. The lowest BCUT2D eigenvalue weighted by atomic mass is 10.2. The number of nitrogens with zero attached hydrogens (tertiary/aromatic N) is 5. The Hall–Kier alpha value is -0.980. The lowest BCUT2D eigenvalue weighted by Gasteiger charge is -2.32. The van der Waals surface area contributed by atoms with Gasteiger partial charge >= 0.3 is 0 Å². The molecule has 102 valence electrons. The molecule has 1 fully saturated rings. The van der Waals surface area contributed by atoms with Crippen LogP contribution in [0.2, 0.25) is 0 Å². The van der Waals surface area contributed by atoms with Crippen molar-refractivity contribution >= 4 is 0 Å². The number of aryl methyl sites for hydroxylation is 1. The predicted octanol–water partition coefficient (Wildman–Crippen LogP) is -0.583. The highest BCUT2D eigenvalue weighted by Gasteiger charge is 2.13. The van der Waals surface area contributed by atoms with Crippen LogP contribution in [-0.2, 0) is 13.0 Å². The van der Waals surface area contributed by atoms with Gasteiger partial charge in [0.25, 0.3) is 0 Å². The van der Waals surface area contributed by atoms with Gasteiger partial charge in [-0.25, -0.2) is 0 Å². The van der Waals surface area contributed by atoms with Crippen molar-refractivity contribution in [2.45, 2.75) is 19.4 Å². The van der Waals surface area contributed by atoms with Crippen LogP contribution in [0.1, 0.15) is 12.1 Å². The van der Waals surface area contributed by atoms with E-state index in [4.69, 9.17) is 5.73 Å². The van der Waals surface area contributed by atoms with Gasteiger partial charge in [0, 0.05) is 38.9 Å². The number of likely N-dealkylation sites (N-methyl/N-ethyl adjacent to an activating group) is 1. The van der Waals surface area contributed by atoms with Gasteiger partial charge in [-0.15, -0.1) is 5.10 Å². The smallest absolute Gasteiger partial charge is 0.0827 e. The zero-order valence-corrected chi connectivity index (χ0v) is 11.3. The minimum absolute atomic E-state index is 0.716. The van der Waals surface area contributed by atoms with Gasteiger partial charge in [0.05, 0.1) is 12.2 Å². The van der Waals surface area contributed by atoms with E-state index in [1.54, 1.807) is 0 Å². The Bertz CT molecular complexity index is 342. The summed E-state index contributed by atoms with van der Waals surface area (Å²) >= 11 is 0. The molecule has 2 heterocycles. The van der Waals surface area contributed by atoms with Crippen molar-refractivity contribution in [1.29, 1.82) is 0 Å². The highest BCUT2D eigenvalue weighted by atomic mass is 15.4. The average molecular weight is 252 g/mol. The number of aromatic nitrogens is 3. The van der Waals surface area contributed by atoms with E-state index in [2.05, 4.69) is 27.2 Å². The minimum atomic E-state index is 0.716. The van der Waals surface area contributed by atoms with E-state index in [-0.39, 0.29) is 0 Å². The van der Waals surface area contributed by atoms with Crippen LogP contribution in [0.4, 0.5) is 0 Å². The molecular formula is C12H24N6. The fraction of sp³-hybridized carbons (Fsp3) is 0.833. The van der Waals surface area contributed by atoms with Crippen molar-refractivity contribution in [2.24, 2.45) is 5.73 Å². The van der Waals surface area contributed by atoms with Gasteiger partial charge in [-0.1, -0.05) is 5.21 Å². The summed E-state index contributed by atoms with van der Waals surface area (Å²) in [6.07, 6.45) is 3.97. The van der Waals surface area contributed by atoms with Crippen molar-refractivity contribution in [3.63, 3.8) is 0 Å². The van der Waals surface area contributed by atoms with Crippen LogP contribution in [0.5, 0.6) is 0 Å². The van der Waals surface area contributed by atoms with Crippen molar-refractivity contribution in [2.75, 3.05) is 46.3 Å². The first-order chi connectivity index (χ1) is 8.78. The fourth-order valence-electron chi connectivity index (χ4n) is 2.16.